The number of nitrogens with one attached hydrogen (secondary N) is 1. The molecule has 1 aromatic heterocycles. The van der Waals surface area contributed by atoms with Crippen LogP contribution in [0.15, 0.2) is 10.5 Å². The molecule has 0 amide bonds. The van der Waals surface area contributed by atoms with Crippen LogP contribution in [0.1, 0.15) is 37.0 Å². The topological polar surface area (TPSA) is 42.2 Å². The molecule has 0 spiro atoms. The third-order valence-corrected chi connectivity index (χ3v) is 4.64. The highest BCUT2D eigenvalue weighted by molar-refractivity contribution is 7.85. The fourth-order valence-corrected chi connectivity index (χ4v) is 4.01. The van der Waals surface area contributed by atoms with Crippen LogP contribution in [0, 0.1) is 13.8 Å². The van der Waals surface area contributed by atoms with Gasteiger partial charge in [-0.3, -0.25) is 4.21 Å². The van der Waals surface area contributed by atoms with E-state index in [2.05, 4.69) is 19.2 Å². The van der Waals surface area contributed by atoms with Crippen molar-refractivity contribution in [3.63, 3.8) is 0 Å². The number of hydrogen-bond donors (Lipinski definition) is 1. The van der Waals surface area contributed by atoms with Gasteiger partial charge in [-0.05, 0) is 33.8 Å². The van der Waals surface area contributed by atoms with Gasteiger partial charge in [0.05, 0.1) is 0 Å². The minimum Gasteiger partial charge on any atom is -0.466 e. The summed E-state index contributed by atoms with van der Waals surface area (Å²) in [6.07, 6.45) is 0. The Labute approximate surface area is 99.1 Å². The van der Waals surface area contributed by atoms with Crippen molar-refractivity contribution in [1.29, 1.82) is 0 Å². The number of rotatable bonds is 1. The van der Waals surface area contributed by atoms with Gasteiger partial charge < -0.3 is 9.73 Å². The Balaban J connectivity index is 2.27. The zero-order valence-electron chi connectivity index (χ0n) is 10.3. The predicted molar refractivity (Wildman–Crippen MR) is 66.0 cm³/mol. The molecule has 1 saturated heterocycles. The summed E-state index contributed by atoms with van der Waals surface area (Å²) in [6.45, 7) is 8.11. The fraction of sp³-hybridized carbons (Fsp3) is 0.667. The Morgan fingerprint density at radius 1 is 1.50 bits per heavy atom. The van der Waals surface area contributed by atoms with E-state index in [9.17, 15) is 4.21 Å². The lowest BCUT2D eigenvalue weighted by molar-refractivity contribution is 0.365. The van der Waals surface area contributed by atoms with Crippen molar-refractivity contribution in [2.45, 2.75) is 39.3 Å². The second-order valence-corrected chi connectivity index (χ2v) is 6.70. The van der Waals surface area contributed by atoms with E-state index in [4.69, 9.17) is 4.42 Å². The minimum atomic E-state index is -0.743. The molecule has 3 nitrogen and oxygen atoms in total. The first-order valence-electron chi connectivity index (χ1n) is 5.57. The van der Waals surface area contributed by atoms with Crippen LogP contribution >= 0.6 is 0 Å². The Hall–Kier alpha value is -0.610. The molecule has 0 radical (unpaired) electrons. The summed E-state index contributed by atoms with van der Waals surface area (Å²) < 4.78 is 17.4. The van der Waals surface area contributed by atoms with Gasteiger partial charge >= 0.3 is 0 Å². The molecular weight excluding hydrogens is 222 g/mol. The molecule has 1 aliphatic heterocycles. The molecule has 16 heavy (non-hydrogen) atoms. The Morgan fingerprint density at radius 2 is 2.19 bits per heavy atom. The van der Waals surface area contributed by atoms with Crippen LogP contribution in [0.3, 0.4) is 0 Å². The van der Waals surface area contributed by atoms with Crippen molar-refractivity contribution in [2.75, 3.05) is 11.5 Å². The highest BCUT2D eigenvalue weighted by atomic mass is 32.2. The van der Waals surface area contributed by atoms with Crippen molar-refractivity contribution < 1.29 is 8.63 Å². The minimum absolute atomic E-state index is 0.0641. The Bertz CT molecular complexity index is 423. The van der Waals surface area contributed by atoms with E-state index in [0.29, 0.717) is 5.75 Å². The summed E-state index contributed by atoms with van der Waals surface area (Å²) in [6, 6.07) is 2.20. The van der Waals surface area contributed by atoms with Crippen LogP contribution in [0.25, 0.3) is 0 Å². The first-order chi connectivity index (χ1) is 7.37. The van der Waals surface area contributed by atoms with Crippen LogP contribution in [-0.4, -0.2) is 21.3 Å². The lowest BCUT2D eigenvalue weighted by Gasteiger charge is -2.36. The molecule has 2 atom stereocenters. The summed E-state index contributed by atoms with van der Waals surface area (Å²) in [5, 5.41) is 3.54. The molecule has 4 heteroatoms. The monoisotopic (exact) mass is 241 g/mol. The molecule has 1 N–H and O–H groups in total. The molecule has 1 aromatic rings. The fourth-order valence-electron chi connectivity index (χ4n) is 2.37. The van der Waals surface area contributed by atoms with Gasteiger partial charge in [-0.2, -0.15) is 0 Å². The number of aryl methyl sites for hydroxylation is 2. The van der Waals surface area contributed by atoms with Gasteiger partial charge in [0.1, 0.15) is 11.5 Å². The average Bonchev–Trinajstić information content (AvgIpc) is 2.41. The molecule has 0 bridgehead atoms. The van der Waals surface area contributed by atoms with E-state index < -0.39 is 10.8 Å². The lowest BCUT2D eigenvalue weighted by atomic mass is 10.0. The van der Waals surface area contributed by atoms with Gasteiger partial charge in [-0.25, -0.2) is 0 Å². The number of furan rings is 1. The van der Waals surface area contributed by atoms with Gasteiger partial charge in [-0.15, -0.1) is 0 Å². The maximum atomic E-state index is 11.8. The first kappa shape index (κ1) is 11.9. The van der Waals surface area contributed by atoms with Crippen LogP contribution in [-0.2, 0) is 10.8 Å². The van der Waals surface area contributed by atoms with Gasteiger partial charge in [0.25, 0.3) is 0 Å². The van der Waals surface area contributed by atoms with Crippen LogP contribution < -0.4 is 5.32 Å². The lowest BCUT2D eigenvalue weighted by Crippen LogP contribution is -2.52. The molecule has 2 unspecified atom stereocenters. The van der Waals surface area contributed by atoms with Gasteiger partial charge in [-0.1, -0.05) is 0 Å². The van der Waals surface area contributed by atoms with E-state index in [1.54, 1.807) is 0 Å². The average molecular weight is 241 g/mol. The van der Waals surface area contributed by atoms with E-state index in [1.165, 1.54) is 0 Å². The second kappa shape index (κ2) is 4.00. The molecule has 0 aromatic carbocycles. The van der Waals surface area contributed by atoms with E-state index in [0.717, 1.165) is 22.8 Å². The smallest absolute Gasteiger partial charge is 0.105 e. The number of hydrogen-bond acceptors (Lipinski definition) is 3. The highest BCUT2D eigenvalue weighted by Gasteiger charge is 2.33. The quantitative estimate of drug-likeness (QED) is 0.818. The molecule has 0 aliphatic carbocycles. The van der Waals surface area contributed by atoms with Crippen molar-refractivity contribution in [3.05, 3.63) is 23.2 Å². The maximum absolute atomic E-state index is 11.8. The zero-order valence-corrected chi connectivity index (χ0v) is 11.1. The van der Waals surface area contributed by atoms with E-state index in [1.807, 2.05) is 19.9 Å². The maximum Gasteiger partial charge on any atom is 0.105 e. The Morgan fingerprint density at radius 3 is 2.69 bits per heavy atom. The van der Waals surface area contributed by atoms with Crippen LogP contribution in [0.4, 0.5) is 0 Å². The molecule has 0 saturated carbocycles. The van der Waals surface area contributed by atoms with Gasteiger partial charge in [0, 0.05) is 39.4 Å². The summed E-state index contributed by atoms with van der Waals surface area (Å²) >= 11 is 0. The molecule has 2 heterocycles. The standard InChI is InChI=1S/C12H19NO2S/c1-8-5-10(9(2)15-8)11-6-16(14)7-12(3,4)13-11/h5,11,13H,6-7H2,1-4H3. The molecule has 1 aliphatic rings. The third-order valence-electron chi connectivity index (χ3n) is 2.89. The van der Waals surface area contributed by atoms with Crippen molar-refractivity contribution in [1.82, 2.24) is 5.32 Å². The molecule has 90 valence electrons. The van der Waals surface area contributed by atoms with Crippen molar-refractivity contribution in [2.24, 2.45) is 0 Å². The SMILES string of the molecule is Cc1cc(C2CS(=O)CC(C)(C)N2)c(C)o1. The zero-order chi connectivity index (χ0) is 11.9. The summed E-state index contributed by atoms with van der Waals surface area (Å²) in [4.78, 5) is 0. The van der Waals surface area contributed by atoms with Gasteiger partial charge in [0.2, 0.25) is 0 Å². The molecule has 2 rings (SSSR count). The van der Waals surface area contributed by atoms with Crippen molar-refractivity contribution in [3.8, 4) is 0 Å². The van der Waals surface area contributed by atoms with E-state index >= 15 is 0 Å². The normalized spacial score (nSPS) is 29.2. The molecule has 1 fully saturated rings. The highest BCUT2D eigenvalue weighted by Crippen LogP contribution is 2.28. The summed E-state index contributed by atoms with van der Waals surface area (Å²) in [7, 11) is -0.743. The van der Waals surface area contributed by atoms with Crippen LogP contribution in [0.2, 0.25) is 0 Å². The second-order valence-electron chi connectivity index (χ2n) is 5.20. The van der Waals surface area contributed by atoms with Gasteiger partial charge in [0.15, 0.2) is 0 Å². The molecular formula is C12H19NO2S. The van der Waals surface area contributed by atoms with Crippen molar-refractivity contribution >= 4 is 10.8 Å². The van der Waals surface area contributed by atoms with E-state index in [-0.39, 0.29) is 11.6 Å². The Kier molecular flexibility index (Phi) is 2.97. The largest absolute Gasteiger partial charge is 0.466 e. The summed E-state index contributed by atoms with van der Waals surface area (Å²) in [5.41, 5.74) is 1.09. The first-order valence-corrected chi connectivity index (χ1v) is 7.06. The van der Waals surface area contributed by atoms with Crippen LogP contribution in [0.5, 0.6) is 0 Å². The predicted octanol–water partition coefficient (Wildman–Crippen LogP) is 2.07. The summed E-state index contributed by atoms with van der Waals surface area (Å²) in [5.74, 6) is 3.26. The third kappa shape index (κ3) is 2.38.